The predicted octanol–water partition coefficient (Wildman–Crippen LogP) is 4.28. The molecule has 0 amide bonds. The summed E-state index contributed by atoms with van der Waals surface area (Å²) in [6, 6.07) is 5.73. The van der Waals surface area contributed by atoms with Crippen LogP contribution >= 0.6 is 11.6 Å². The quantitative estimate of drug-likeness (QED) is 0.725. The van der Waals surface area contributed by atoms with Gasteiger partial charge in [0.15, 0.2) is 5.78 Å². The maximum Gasteiger partial charge on any atom is 0.166 e. The molecule has 0 radical (unpaired) electrons. The second kappa shape index (κ2) is 4.45. The number of hydrogen-bond donors (Lipinski definition) is 0. The van der Waals surface area contributed by atoms with Gasteiger partial charge < -0.3 is 0 Å². The van der Waals surface area contributed by atoms with Gasteiger partial charge in [-0.05, 0) is 36.8 Å². The molecule has 2 aliphatic carbocycles. The van der Waals surface area contributed by atoms with Crippen molar-refractivity contribution < 1.29 is 4.79 Å². The van der Waals surface area contributed by atoms with E-state index in [2.05, 4.69) is 0 Å². The molecule has 2 heteroatoms. The van der Waals surface area contributed by atoms with Gasteiger partial charge in [0.1, 0.15) is 0 Å². The van der Waals surface area contributed by atoms with Crippen LogP contribution < -0.4 is 0 Å². The van der Waals surface area contributed by atoms with E-state index in [0.29, 0.717) is 11.7 Å². The first kappa shape index (κ1) is 11.3. The molecule has 1 atom stereocenters. The Morgan fingerprint density at radius 3 is 2.59 bits per heavy atom. The van der Waals surface area contributed by atoms with Crippen LogP contribution in [0.15, 0.2) is 18.2 Å². The number of carbonyl (C=O) groups is 1. The summed E-state index contributed by atoms with van der Waals surface area (Å²) in [5.74, 6) is 1.15. The zero-order chi connectivity index (χ0) is 11.8. The number of Topliss-reactive ketones (excluding diaryl/α,β-unsaturated/α-hetero) is 1. The van der Waals surface area contributed by atoms with Crippen molar-refractivity contribution in [2.45, 2.75) is 38.5 Å². The molecule has 0 N–H and O–H groups in total. The van der Waals surface area contributed by atoms with Crippen molar-refractivity contribution in [3.05, 3.63) is 34.3 Å². The topological polar surface area (TPSA) is 17.1 Å². The first-order valence-corrected chi connectivity index (χ1v) is 6.97. The molecule has 0 bridgehead atoms. The molecule has 1 nitrogen and oxygen atoms in total. The Bertz CT molecular complexity index is 446. The number of benzene rings is 1. The largest absolute Gasteiger partial charge is 0.294 e. The maximum atomic E-state index is 12.4. The first-order valence-electron chi connectivity index (χ1n) is 6.59. The Balaban J connectivity index is 1.88. The van der Waals surface area contributed by atoms with Crippen molar-refractivity contribution in [1.29, 1.82) is 0 Å². The van der Waals surface area contributed by atoms with Crippen molar-refractivity contribution in [3.8, 4) is 0 Å². The van der Waals surface area contributed by atoms with Crippen LogP contribution in [0, 0.1) is 11.8 Å². The van der Waals surface area contributed by atoms with E-state index < -0.39 is 0 Å². The lowest BCUT2D eigenvalue weighted by atomic mass is 9.78. The zero-order valence-electron chi connectivity index (χ0n) is 9.92. The van der Waals surface area contributed by atoms with Crippen molar-refractivity contribution in [3.63, 3.8) is 0 Å². The van der Waals surface area contributed by atoms with Gasteiger partial charge in [-0.1, -0.05) is 43.0 Å². The highest BCUT2D eigenvalue weighted by atomic mass is 35.5. The van der Waals surface area contributed by atoms with Crippen LogP contribution in [-0.4, -0.2) is 5.78 Å². The summed E-state index contributed by atoms with van der Waals surface area (Å²) < 4.78 is 0. The number of hydrogen-bond acceptors (Lipinski definition) is 1. The Labute approximate surface area is 107 Å². The van der Waals surface area contributed by atoms with Crippen LogP contribution in [0.1, 0.15) is 48.0 Å². The SMILES string of the molecule is O=C1c2cccc(Cl)c2CC1C1CCCCC1. The summed E-state index contributed by atoms with van der Waals surface area (Å²) >= 11 is 6.19. The Kier molecular flexibility index (Phi) is 2.96. The van der Waals surface area contributed by atoms with Crippen LogP contribution in [-0.2, 0) is 6.42 Å². The minimum absolute atomic E-state index is 0.213. The van der Waals surface area contributed by atoms with Gasteiger partial charge in [-0.3, -0.25) is 4.79 Å². The fraction of sp³-hybridized carbons (Fsp3) is 0.533. The Morgan fingerprint density at radius 2 is 1.88 bits per heavy atom. The molecule has 2 aliphatic rings. The molecule has 17 heavy (non-hydrogen) atoms. The second-order valence-corrected chi connectivity index (χ2v) is 5.75. The second-order valence-electron chi connectivity index (χ2n) is 5.34. The van der Waals surface area contributed by atoms with Crippen LogP contribution in [0.2, 0.25) is 5.02 Å². The number of ketones is 1. The summed E-state index contributed by atoms with van der Waals surface area (Å²) in [6.07, 6.45) is 7.24. The summed E-state index contributed by atoms with van der Waals surface area (Å²) in [6.45, 7) is 0. The smallest absolute Gasteiger partial charge is 0.166 e. The molecule has 0 spiro atoms. The van der Waals surface area contributed by atoms with Gasteiger partial charge in [-0.2, -0.15) is 0 Å². The molecule has 1 aromatic rings. The summed E-state index contributed by atoms with van der Waals surface area (Å²) in [4.78, 5) is 12.4. The Morgan fingerprint density at radius 1 is 1.12 bits per heavy atom. The van der Waals surface area contributed by atoms with Gasteiger partial charge in [0, 0.05) is 16.5 Å². The van der Waals surface area contributed by atoms with Gasteiger partial charge in [0.25, 0.3) is 0 Å². The van der Waals surface area contributed by atoms with Crippen LogP contribution in [0.5, 0.6) is 0 Å². The zero-order valence-corrected chi connectivity index (χ0v) is 10.7. The molecule has 0 aromatic heterocycles. The summed E-state index contributed by atoms with van der Waals surface area (Å²) in [5, 5.41) is 0.772. The molecular formula is C15H17ClO. The van der Waals surface area contributed by atoms with E-state index in [1.165, 1.54) is 32.1 Å². The van der Waals surface area contributed by atoms with Crippen molar-refractivity contribution in [2.24, 2.45) is 11.8 Å². The highest BCUT2D eigenvalue weighted by molar-refractivity contribution is 6.32. The third-order valence-corrected chi connectivity index (χ3v) is 4.72. The molecule has 0 heterocycles. The molecule has 1 saturated carbocycles. The average molecular weight is 249 g/mol. The highest BCUT2D eigenvalue weighted by Gasteiger charge is 2.37. The number of fused-ring (bicyclic) bond motifs is 1. The number of carbonyl (C=O) groups excluding carboxylic acids is 1. The highest BCUT2D eigenvalue weighted by Crippen LogP contribution is 2.40. The fourth-order valence-electron chi connectivity index (χ4n) is 3.43. The monoisotopic (exact) mass is 248 g/mol. The van der Waals surface area contributed by atoms with Gasteiger partial charge in [-0.15, -0.1) is 0 Å². The van der Waals surface area contributed by atoms with E-state index in [9.17, 15) is 4.79 Å². The van der Waals surface area contributed by atoms with Crippen LogP contribution in [0.3, 0.4) is 0 Å². The van der Waals surface area contributed by atoms with Gasteiger partial charge >= 0.3 is 0 Å². The summed E-state index contributed by atoms with van der Waals surface area (Å²) in [5.41, 5.74) is 1.97. The molecule has 3 rings (SSSR count). The molecule has 1 unspecified atom stereocenters. The molecule has 90 valence electrons. The van der Waals surface area contributed by atoms with Crippen molar-refractivity contribution in [1.82, 2.24) is 0 Å². The van der Waals surface area contributed by atoms with E-state index >= 15 is 0 Å². The normalized spacial score (nSPS) is 25.0. The lowest BCUT2D eigenvalue weighted by Crippen LogP contribution is -2.22. The van der Waals surface area contributed by atoms with Crippen molar-refractivity contribution in [2.75, 3.05) is 0 Å². The van der Waals surface area contributed by atoms with Crippen LogP contribution in [0.25, 0.3) is 0 Å². The lowest BCUT2D eigenvalue weighted by molar-refractivity contribution is 0.0869. The van der Waals surface area contributed by atoms with Gasteiger partial charge in [0.2, 0.25) is 0 Å². The van der Waals surface area contributed by atoms with Crippen molar-refractivity contribution >= 4 is 17.4 Å². The number of rotatable bonds is 1. The third kappa shape index (κ3) is 1.91. The van der Waals surface area contributed by atoms with E-state index in [4.69, 9.17) is 11.6 Å². The minimum atomic E-state index is 0.213. The fourth-order valence-corrected chi connectivity index (χ4v) is 3.68. The minimum Gasteiger partial charge on any atom is -0.294 e. The molecule has 1 aromatic carbocycles. The van der Waals surface area contributed by atoms with E-state index in [0.717, 1.165) is 22.6 Å². The predicted molar refractivity (Wildman–Crippen MR) is 69.6 cm³/mol. The van der Waals surface area contributed by atoms with Crippen LogP contribution in [0.4, 0.5) is 0 Å². The number of halogens is 1. The van der Waals surface area contributed by atoms with E-state index in [1.807, 2.05) is 18.2 Å². The molecule has 0 aliphatic heterocycles. The maximum absolute atomic E-state index is 12.4. The lowest BCUT2D eigenvalue weighted by Gasteiger charge is -2.26. The van der Waals surface area contributed by atoms with E-state index in [-0.39, 0.29) is 5.92 Å². The Hall–Kier alpha value is -0.820. The standard InChI is InChI=1S/C15H17ClO/c16-14-8-4-7-11-13(14)9-12(15(11)17)10-5-2-1-3-6-10/h4,7-8,10,12H,1-3,5-6,9H2. The van der Waals surface area contributed by atoms with E-state index in [1.54, 1.807) is 0 Å². The molecule has 1 fully saturated rings. The molecular weight excluding hydrogens is 232 g/mol. The first-order chi connectivity index (χ1) is 8.27. The van der Waals surface area contributed by atoms with Gasteiger partial charge in [-0.25, -0.2) is 0 Å². The average Bonchev–Trinajstić information content (AvgIpc) is 2.70. The van der Waals surface area contributed by atoms with Gasteiger partial charge in [0.05, 0.1) is 0 Å². The summed E-state index contributed by atoms with van der Waals surface area (Å²) in [7, 11) is 0. The molecule has 0 saturated heterocycles. The third-order valence-electron chi connectivity index (χ3n) is 4.36.